The lowest BCUT2D eigenvalue weighted by Gasteiger charge is -2.28. The minimum atomic E-state index is -1.18. The van der Waals surface area contributed by atoms with E-state index < -0.39 is 17.8 Å². The van der Waals surface area contributed by atoms with Gasteiger partial charge in [0.1, 0.15) is 0 Å². The van der Waals surface area contributed by atoms with Gasteiger partial charge in [-0.15, -0.1) is 0 Å². The van der Waals surface area contributed by atoms with E-state index in [1.807, 2.05) is 13.0 Å². The number of carboxylic acids is 1. The molecule has 1 aromatic rings. The molecule has 0 unspecified atom stereocenters. The average molecular weight is 293 g/mol. The van der Waals surface area contributed by atoms with Gasteiger partial charge >= 0.3 is 0 Å². The van der Waals surface area contributed by atoms with E-state index in [2.05, 4.69) is 5.32 Å². The maximum absolute atomic E-state index is 12.3. The van der Waals surface area contributed by atoms with Crippen molar-refractivity contribution in [1.29, 1.82) is 0 Å². The van der Waals surface area contributed by atoms with Gasteiger partial charge in [0.2, 0.25) is 5.91 Å². The fourth-order valence-corrected chi connectivity index (χ4v) is 2.49. The highest BCUT2D eigenvalue weighted by Gasteiger charge is 2.29. The third-order valence-corrected chi connectivity index (χ3v) is 3.76. The minimum absolute atomic E-state index is 0.311. The molecule has 1 N–H and O–H groups in total. The van der Waals surface area contributed by atoms with Gasteiger partial charge in [0.15, 0.2) is 0 Å². The molecule has 5 heteroatoms. The van der Waals surface area contributed by atoms with E-state index in [9.17, 15) is 14.7 Å². The van der Waals surface area contributed by atoms with E-state index in [1.54, 1.807) is 24.3 Å². The first-order valence-corrected chi connectivity index (χ1v) is 6.79. The van der Waals surface area contributed by atoms with Gasteiger partial charge < -0.3 is 15.2 Å². The molecule has 0 saturated heterocycles. The Bertz CT molecular complexity index is 568. The number of anilines is 1. The first kappa shape index (κ1) is 14.6. The standard InChI is InChI=1S/C15H16ClNO3/c1-9-6-7-10(16)8-13(9)17-14(18)11-4-2-3-5-12(11)15(19)20/h2-3,6-8,11-12H,4-5H2,1H3,(H,17,18)(H,19,20)/p-1/t11-,12-/m1/s1. The van der Waals surface area contributed by atoms with Crippen molar-refractivity contribution in [1.82, 2.24) is 0 Å². The maximum Gasteiger partial charge on any atom is 0.228 e. The minimum Gasteiger partial charge on any atom is -0.550 e. The summed E-state index contributed by atoms with van der Waals surface area (Å²) in [5.41, 5.74) is 1.48. The zero-order valence-electron chi connectivity index (χ0n) is 11.1. The van der Waals surface area contributed by atoms with Crippen LogP contribution in [0.2, 0.25) is 5.02 Å². The molecule has 1 amide bonds. The largest absolute Gasteiger partial charge is 0.550 e. The van der Waals surface area contributed by atoms with Gasteiger partial charge in [0, 0.05) is 22.6 Å². The van der Waals surface area contributed by atoms with Crippen LogP contribution in [0.25, 0.3) is 0 Å². The lowest BCUT2D eigenvalue weighted by molar-refractivity contribution is -0.313. The molecule has 0 heterocycles. The molecule has 0 fully saturated rings. The fourth-order valence-electron chi connectivity index (χ4n) is 2.32. The number of carboxylic acid groups (broad SMARTS) is 1. The van der Waals surface area contributed by atoms with Crippen molar-refractivity contribution in [2.24, 2.45) is 11.8 Å². The molecule has 4 nitrogen and oxygen atoms in total. The average Bonchev–Trinajstić information content (AvgIpc) is 2.42. The number of aryl methyl sites for hydroxylation is 1. The number of allylic oxidation sites excluding steroid dienone is 2. The van der Waals surface area contributed by atoms with Crippen LogP contribution in [0.5, 0.6) is 0 Å². The molecule has 1 aromatic carbocycles. The van der Waals surface area contributed by atoms with Crippen LogP contribution < -0.4 is 10.4 Å². The molecule has 106 valence electrons. The Balaban J connectivity index is 2.16. The third kappa shape index (κ3) is 3.20. The lowest BCUT2D eigenvalue weighted by atomic mass is 9.82. The number of carbonyl (C=O) groups excluding carboxylic acids is 2. The van der Waals surface area contributed by atoms with Crippen LogP contribution in [0.4, 0.5) is 5.69 Å². The molecule has 0 spiro atoms. The first-order chi connectivity index (χ1) is 9.49. The Morgan fingerprint density at radius 2 is 1.90 bits per heavy atom. The number of amides is 1. The highest BCUT2D eigenvalue weighted by atomic mass is 35.5. The molecule has 20 heavy (non-hydrogen) atoms. The fraction of sp³-hybridized carbons (Fsp3) is 0.333. The Kier molecular flexibility index (Phi) is 4.45. The van der Waals surface area contributed by atoms with E-state index >= 15 is 0 Å². The van der Waals surface area contributed by atoms with Gasteiger partial charge in [-0.2, -0.15) is 0 Å². The zero-order chi connectivity index (χ0) is 14.7. The number of hydrogen-bond acceptors (Lipinski definition) is 3. The number of rotatable bonds is 3. The third-order valence-electron chi connectivity index (χ3n) is 3.53. The van der Waals surface area contributed by atoms with Gasteiger partial charge in [0.05, 0.1) is 5.92 Å². The van der Waals surface area contributed by atoms with E-state index in [-0.39, 0.29) is 5.91 Å². The molecular weight excluding hydrogens is 278 g/mol. The number of nitrogens with one attached hydrogen (secondary N) is 1. The summed E-state index contributed by atoms with van der Waals surface area (Å²) < 4.78 is 0. The Morgan fingerprint density at radius 1 is 1.25 bits per heavy atom. The quantitative estimate of drug-likeness (QED) is 0.865. The van der Waals surface area contributed by atoms with Crippen molar-refractivity contribution in [3.05, 3.63) is 40.9 Å². The monoisotopic (exact) mass is 292 g/mol. The molecule has 0 aliphatic heterocycles. The lowest BCUT2D eigenvalue weighted by Crippen LogP contribution is -2.41. The molecule has 0 bridgehead atoms. The van der Waals surface area contributed by atoms with Crippen molar-refractivity contribution < 1.29 is 14.7 Å². The van der Waals surface area contributed by atoms with Crippen LogP contribution >= 0.6 is 11.6 Å². The number of benzene rings is 1. The van der Waals surface area contributed by atoms with E-state index in [0.29, 0.717) is 23.6 Å². The van der Waals surface area contributed by atoms with Crippen molar-refractivity contribution in [2.75, 3.05) is 5.32 Å². The second-order valence-electron chi connectivity index (χ2n) is 4.92. The number of carbonyl (C=O) groups is 2. The Hall–Kier alpha value is -1.81. The molecule has 1 aliphatic carbocycles. The molecular formula is C15H15ClNO3-. The van der Waals surface area contributed by atoms with Crippen molar-refractivity contribution in [3.8, 4) is 0 Å². The van der Waals surface area contributed by atoms with Crippen LogP contribution in [-0.4, -0.2) is 11.9 Å². The van der Waals surface area contributed by atoms with E-state index in [1.165, 1.54) is 0 Å². The SMILES string of the molecule is Cc1ccc(Cl)cc1NC(=O)[C@@H]1CC=CC[C@H]1C(=O)[O-]. The van der Waals surface area contributed by atoms with Gasteiger partial charge in [-0.1, -0.05) is 29.8 Å². The maximum atomic E-state index is 12.3. The van der Waals surface area contributed by atoms with Crippen molar-refractivity contribution in [3.63, 3.8) is 0 Å². The number of aliphatic carboxylic acids is 1. The smallest absolute Gasteiger partial charge is 0.228 e. The van der Waals surface area contributed by atoms with Crippen LogP contribution in [0.3, 0.4) is 0 Å². The van der Waals surface area contributed by atoms with Crippen LogP contribution in [0.1, 0.15) is 18.4 Å². The summed E-state index contributed by atoms with van der Waals surface area (Å²) in [6.07, 6.45) is 4.34. The van der Waals surface area contributed by atoms with E-state index in [0.717, 1.165) is 5.56 Å². The second-order valence-corrected chi connectivity index (χ2v) is 5.36. The van der Waals surface area contributed by atoms with E-state index in [4.69, 9.17) is 11.6 Å². The molecule has 2 rings (SSSR count). The Labute approximate surface area is 122 Å². The van der Waals surface area contributed by atoms with Crippen molar-refractivity contribution >= 4 is 29.2 Å². The second kappa shape index (κ2) is 6.09. The highest BCUT2D eigenvalue weighted by molar-refractivity contribution is 6.31. The van der Waals surface area contributed by atoms with Gasteiger partial charge in [-0.25, -0.2) is 0 Å². The molecule has 1 aliphatic rings. The molecule has 0 radical (unpaired) electrons. The zero-order valence-corrected chi connectivity index (χ0v) is 11.8. The molecule has 2 atom stereocenters. The first-order valence-electron chi connectivity index (χ1n) is 6.42. The summed E-state index contributed by atoms with van der Waals surface area (Å²) in [5, 5.41) is 14.4. The Morgan fingerprint density at radius 3 is 2.55 bits per heavy atom. The van der Waals surface area contributed by atoms with Gasteiger partial charge in [-0.3, -0.25) is 4.79 Å². The predicted octanol–water partition coefficient (Wildman–Crippen LogP) is 1.92. The summed E-state index contributed by atoms with van der Waals surface area (Å²) in [5.74, 6) is -2.88. The van der Waals surface area contributed by atoms with Crippen molar-refractivity contribution in [2.45, 2.75) is 19.8 Å². The predicted molar refractivity (Wildman–Crippen MR) is 75.2 cm³/mol. The van der Waals surface area contributed by atoms with Gasteiger partial charge in [0.25, 0.3) is 0 Å². The summed E-state index contributed by atoms with van der Waals surface area (Å²) in [6.45, 7) is 1.85. The topological polar surface area (TPSA) is 69.2 Å². The van der Waals surface area contributed by atoms with Gasteiger partial charge in [-0.05, 0) is 37.5 Å². The number of halogens is 1. The highest BCUT2D eigenvalue weighted by Crippen LogP contribution is 2.28. The summed E-state index contributed by atoms with van der Waals surface area (Å²) >= 11 is 5.90. The molecule has 0 aromatic heterocycles. The van der Waals surface area contributed by atoms with Crippen LogP contribution in [0.15, 0.2) is 30.4 Å². The summed E-state index contributed by atoms with van der Waals surface area (Å²) in [7, 11) is 0. The summed E-state index contributed by atoms with van der Waals surface area (Å²) in [6, 6.07) is 5.19. The normalized spacial score (nSPS) is 21.5. The number of hydrogen-bond donors (Lipinski definition) is 1. The van der Waals surface area contributed by atoms with Crippen LogP contribution in [0, 0.1) is 18.8 Å². The van der Waals surface area contributed by atoms with Crippen LogP contribution in [-0.2, 0) is 9.59 Å². The summed E-state index contributed by atoms with van der Waals surface area (Å²) in [4.78, 5) is 23.4. The molecule has 0 saturated carbocycles.